The number of nitrogens with zero attached hydrogens (tertiary/aromatic N) is 1. The van der Waals surface area contributed by atoms with Gasteiger partial charge in [-0.3, -0.25) is 9.59 Å². The number of carbonyl (C=O) groups is 2. The van der Waals surface area contributed by atoms with Gasteiger partial charge in [-0.2, -0.15) is 0 Å². The average Bonchev–Trinajstić information content (AvgIpc) is 2.95. The molecular weight excluding hydrogens is 400 g/mol. The number of benzene rings is 2. The Hall–Kier alpha value is -2.67. The van der Waals surface area contributed by atoms with Gasteiger partial charge in [-0.05, 0) is 60.9 Å². The molecule has 2 aliphatic rings. The summed E-state index contributed by atoms with van der Waals surface area (Å²) < 4.78 is 26.0. The Bertz CT molecular complexity index is 1090. The van der Waals surface area contributed by atoms with Crippen LogP contribution < -0.4 is 5.32 Å². The highest BCUT2D eigenvalue weighted by Crippen LogP contribution is 2.30. The minimum atomic E-state index is -3.88. The molecule has 0 fully saturated rings. The lowest BCUT2D eigenvalue weighted by atomic mass is 9.89. The van der Waals surface area contributed by atoms with Crippen molar-refractivity contribution in [3.05, 3.63) is 64.7 Å². The van der Waals surface area contributed by atoms with Gasteiger partial charge < -0.3 is 5.32 Å². The van der Waals surface area contributed by atoms with Crippen LogP contribution in [0.15, 0.2) is 47.4 Å². The molecule has 0 saturated heterocycles. The van der Waals surface area contributed by atoms with E-state index in [0.29, 0.717) is 0 Å². The van der Waals surface area contributed by atoms with Crippen LogP contribution >= 0.6 is 0 Å². The quantitative estimate of drug-likeness (QED) is 0.768. The molecule has 0 spiro atoms. The molecule has 158 valence electrons. The third kappa shape index (κ3) is 3.74. The molecule has 0 bridgehead atoms. The summed E-state index contributed by atoms with van der Waals surface area (Å²) in [5, 5.41) is 3.01. The molecule has 2 amide bonds. The van der Waals surface area contributed by atoms with E-state index in [0.717, 1.165) is 29.1 Å². The van der Waals surface area contributed by atoms with Crippen LogP contribution in [0, 0.1) is 0 Å². The van der Waals surface area contributed by atoms with Crippen LogP contribution in [-0.2, 0) is 27.7 Å². The first kappa shape index (κ1) is 20.6. The Labute approximate surface area is 177 Å². The molecule has 2 aromatic rings. The number of rotatable bonds is 6. The van der Waals surface area contributed by atoms with Crippen molar-refractivity contribution in [2.75, 3.05) is 6.54 Å². The van der Waals surface area contributed by atoms with Crippen molar-refractivity contribution in [2.45, 2.75) is 56.4 Å². The molecule has 2 aromatic carbocycles. The fraction of sp³-hybridized carbons (Fsp3) is 0.391. The van der Waals surface area contributed by atoms with Crippen molar-refractivity contribution >= 4 is 21.8 Å². The second-order valence-corrected chi connectivity index (χ2v) is 9.72. The molecule has 0 saturated carbocycles. The first-order chi connectivity index (χ1) is 14.4. The van der Waals surface area contributed by atoms with E-state index in [4.69, 9.17) is 0 Å². The Morgan fingerprint density at radius 1 is 1.10 bits per heavy atom. The predicted octanol–water partition coefficient (Wildman–Crippen LogP) is 3.37. The molecule has 30 heavy (non-hydrogen) atoms. The molecule has 0 radical (unpaired) electrons. The van der Waals surface area contributed by atoms with Gasteiger partial charge >= 0.3 is 0 Å². The fourth-order valence-electron chi connectivity index (χ4n) is 4.31. The van der Waals surface area contributed by atoms with E-state index in [1.165, 1.54) is 36.1 Å². The van der Waals surface area contributed by atoms with E-state index < -0.39 is 15.9 Å². The van der Waals surface area contributed by atoms with E-state index in [9.17, 15) is 18.0 Å². The average molecular weight is 427 g/mol. The van der Waals surface area contributed by atoms with Crippen molar-refractivity contribution in [1.82, 2.24) is 9.62 Å². The minimum Gasteiger partial charge on any atom is -0.349 e. The summed E-state index contributed by atoms with van der Waals surface area (Å²) in [4.78, 5) is 25.1. The Balaban J connectivity index is 1.42. The fourth-order valence-corrected chi connectivity index (χ4v) is 5.88. The molecule has 1 heterocycles. The molecule has 1 unspecified atom stereocenters. The van der Waals surface area contributed by atoms with Gasteiger partial charge in [0, 0.05) is 13.0 Å². The summed E-state index contributed by atoms with van der Waals surface area (Å²) >= 11 is 0. The first-order valence-corrected chi connectivity index (χ1v) is 11.9. The number of carbonyl (C=O) groups excluding carboxylic acids is 2. The second kappa shape index (κ2) is 8.22. The normalized spacial score (nSPS) is 17.9. The lowest BCUT2D eigenvalue weighted by Crippen LogP contribution is -2.35. The topological polar surface area (TPSA) is 83.6 Å². The summed E-state index contributed by atoms with van der Waals surface area (Å²) in [6.07, 6.45) is 5.27. The lowest BCUT2D eigenvalue weighted by Gasteiger charge is -2.22. The third-order valence-electron chi connectivity index (χ3n) is 5.97. The summed E-state index contributed by atoms with van der Waals surface area (Å²) in [6, 6.07) is 12.4. The van der Waals surface area contributed by atoms with Crippen LogP contribution in [0.1, 0.15) is 65.7 Å². The summed E-state index contributed by atoms with van der Waals surface area (Å²) in [7, 11) is -3.88. The van der Waals surface area contributed by atoms with Gasteiger partial charge in [-0.25, -0.2) is 12.7 Å². The molecule has 1 N–H and O–H groups in total. The minimum absolute atomic E-state index is 0.0101. The first-order valence-electron chi connectivity index (χ1n) is 10.5. The number of aryl methyl sites for hydroxylation is 2. The number of hydrogen-bond acceptors (Lipinski definition) is 4. The highest BCUT2D eigenvalue weighted by Gasteiger charge is 2.40. The van der Waals surface area contributed by atoms with Crippen LogP contribution in [0.5, 0.6) is 0 Å². The number of sulfonamides is 1. The van der Waals surface area contributed by atoms with E-state index in [2.05, 4.69) is 23.5 Å². The molecule has 1 aliphatic heterocycles. The van der Waals surface area contributed by atoms with Crippen molar-refractivity contribution in [1.29, 1.82) is 0 Å². The standard InChI is InChI=1S/C23H26N2O4S/c1-2-20(18-12-11-16-7-3-4-8-17(16)15-18)24-22(26)13-14-25-23(27)19-9-5-6-10-21(19)30(25,28)29/h5-6,9-12,15,20H,2-4,7-8,13-14H2,1H3,(H,24,26). The van der Waals surface area contributed by atoms with Crippen molar-refractivity contribution in [2.24, 2.45) is 0 Å². The largest absolute Gasteiger partial charge is 0.349 e. The summed E-state index contributed by atoms with van der Waals surface area (Å²) in [5.41, 5.74) is 3.99. The van der Waals surface area contributed by atoms with Crippen molar-refractivity contribution in [3.63, 3.8) is 0 Å². The predicted molar refractivity (Wildman–Crippen MR) is 114 cm³/mol. The van der Waals surface area contributed by atoms with Gasteiger partial charge in [0.1, 0.15) is 4.90 Å². The Morgan fingerprint density at radius 3 is 2.57 bits per heavy atom. The maximum absolute atomic E-state index is 12.6. The van der Waals surface area contributed by atoms with Gasteiger partial charge in [0.05, 0.1) is 11.6 Å². The SMILES string of the molecule is CCC(NC(=O)CCN1C(=O)c2ccccc2S1(=O)=O)c1ccc2c(c1)CCCC2. The molecule has 1 atom stereocenters. The second-order valence-electron chi connectivity index (χ2n) is 7.89. The van der Waals surface area contributed by atoms with Crippen LogP contribution in [0.3, 0.4) is 0 Å². The molecule has 4 rings (SSSR count). The number of hydrogen-bond donors (Lipinski definition) is 1. The zero-order valence-corrected chi connectivity index (χ0v) is 17.9. The van der Waals surface area contributed by atoms with Crippen LogP contribution in [0.2, 0.25) is 0 Å². The zero-order valence-electron chi connectivity index (χ0n) is 17.1. The van der Waals surface area contributed by atoms with Gasteiger partial charge in [-0.1, -0.05) is 37.3 Å². The van der Waals surface area contributed by atoms with Gasteiger partial charge in [-0.15, -0.1) is 0 Å². The smallest absolute Gasteiger partial charge is 0.269 e. The maximum Gasteiger partial charge on any atom is 0.269 e. The van der Waals surface area contributed by atoms with Crippen molar-refractivity contribution < 1.29 is 18.0 Å². The molecule has 1 aliphatic carbocycles. The number of fused-ring (bicyclic) bond motifs is 2. The van der Waals surface area contributed by atoms with Crippen LogP contribution in [-0.4, -0.2) is 31.1 Å². The molecule has 7 heteroatoms. The molecular formula is C23H26N2O4S. The van der Waals surface area contributed by atoms with Crippen molar-refractivity contribution in [3.8, 4) is 0 Å². The summed E-state index contributed by atoms with van der Waals surface area (Å²) in [6.45, 7) is 1.85. The van der Waals surface area contributed by atoms with E-state index in [1.54, 1.807) is 12.1 Å². The van der Waals surface area contributed by atoms with Crippen LogP contribution in [0.4, 0.5) is 0 Å². The van der Waals surface area contributed by atoms with Gasteiger partial charge in [0.25, 0.3) is 15.9 Å². The lowest BCUT2D eigenvalue weighted by molar-refractivity contribution is -0.121. The van der Waals surface area contributed by atoms with Gasteiger partial charge in [0.2, 0.25) is 5.91 Å². The molecule has 6 nitrogen and oxygen atoms in total. The van der Waals surface area contributed by atoms with E-state index in [1.807, 2.05) is 6.92 Å². The zero-order chi connectivity index (χ0) is 21.3. The highest BCUT2D eigenvalue weighted by molar-refractivity contribution is 7.90. The number of nitrogens with one attached hydrogen (secondary N) is 1. The van der Waals surface area contributed by atoms with Gasteiger partial charge in [0.15, 0.2) is 0 Å². The van der Waals surface area contributed by atoms with E-state index >= 15 is 0 Å². The van der Waals surface area contributed by atoms with Crippen LogP contribution in [0.25, 0.3) is 0 Å². The molecule has 0 aromatic heterocycles. The Kier molecular flexibility index (Phi) is 5.64. The third-order valence-corrected chi connectivity index (χ3v) is 7.81. The monoisotopic (exact) mass is 426 g/mol. The summed E-state index contributed by atoms with van der Waals surface area (Å²) in [5.74, 6) is -0.835. The Morgan fingerprint density at radius 2 is 1.83 bits per heavy atom. The van der Waals surface area contributed by atoms with E-state index in [-0.39, 0.29) is 35.4 Å². The highest BCUT2D eigenvalue weighted by atomic mass is 32.2. The maximum atomic E-state index is 12.6. The number of amides is 2.